The van der Waals surface area contributed by atoms with E-state index < -0.39 is 0 Å². The van der Waals surface area contributed by atoms with E-state index in [-0.39, 0.29) is 0 Å². The summed E-state index contributed by atoms with van der Waals surface area (Å²) in [6, 6.07) is 6.61. The summed E-state index contributed by atoms with van der Waals surface area (Å²) in [6.45, 7) is 2.23. The molecule has 1 aliphatic rings. The zero-order chi connectivity index (χ0) is 13.2. The molecule has 0 atom stereocenters. The summed E-state index contributed by atoms with van der Waals surface area (Å²) in [7, 11) is 2.04. The van der Waals surface area contributed by atoms with Crippen molar-refractivity contribution in [3.05, 3.63) is 35.0 Å². The number of benzene rings is 1. The van der Waals surface area contributed by atoms with Gasteiger partial charge in [-0.3, -0.25) is 4.98 Å². The highest BCUT2D eigenvalue weighted by Crippen LogP contribution is 2.34. The maximum atomic E-state index is 5.00. The van der Waals surface area contributed by atoms with Gasteiger partial charge in [-0.25, -0.2) is 0 Å². The van der Waals surface area contributed by atoms with Crippen molar-refractivity contribution in [2.75, 3.05) is 12.4 Å². The van der Waals surface area contributed by atoms with Gasteiger partial charge < -0.3 is 5.32 Å². The fourth-order valence-corrected chi connectivity index (χ4v) is 3.26. The molecule has 100 valence electrons. The highest BCUT2D eigenvalue weighted by atomic mass is 14.9. The van der Waals surface area contributed by atoms with E-state index in [0.29, 0.717) is 0 Å². The number of nitrogens with zero attached hydrogens (tertiary/aromatic N) is 1. The molecule has 0 amide bonds. The van der Waals surface area contributed by atoms with Crippen molar-refractivity contribution in [3.63, 3.8) is 0 Å². The Morgan fingerprint density at radius 3 is 2.84 bits per heavy atom. The summed E-state index contributed by atoms with van der Waals surface area (Å²) in [4.78, 5) is 5.00. The Morgan fingerprint density at radius 2 is 2.05 bits per heavy atom. The van der Waals surface area contributed by atoms with Gasteiger partial charge in [0.25, 0.3) is 0 Å². The number of para-hydroxylation sites is 1. The van der Waals surface area contributed by atoms with Gasteiger partial charge in [0.15, 0.2) is 0 Å². The number of pyridine rings is 1. The summed E-state index contributed by atoms with van der Waals surface area (Å²) in [5.74, 6) is 0. The van der Waals surface area contributed by atoms with Crippen molar-refractivity contribution in [2.45, 2.75) is 45.4 Å². The van der Waals surface area contributed by atoms with Gasteiger partial charge in [-0.05, 0) is 43.2 Å². The van der Waals surface area contributed by atoms with Crippen molar-refractivity contribution in [1.29, 1.82) is 0 Å². The van der Waals surface area contributed by atoms with Crippen LogP contribution in [0.3, 0.4) is 0 Å². The second-order valence-corrected chi connectivity index (χ2v) is 5.43. The summed E-state index contributed by atoms with van der Waals surface area (Å²) in [5, 5.41) is 4.73. The summed E-state index contributed by atoms with van der Waals surface area (Å²) >= 11 is 0. The van der Waals surface area contributed by atoms with Gasteiger partial charge in [-0.2, -0.15) is 0 Å². The molecular weight excluding hydrogens is 232 g/mol. The monoisotopic (exact) mass is 254 g/mol. The van der Waals surface area contributed by atoms with Crippen LogP contribution in [0.2, 0.25) is 0 Å². The number of hydrogen-bond donors (Lipinski definition) is 1. The Kier molecular flexibility index (Phi) is 3.41. The second kappa shape index (κ2) is 5.20. The van der Waals surface area contributed by atoms with E-state index in [1.54, 1.807) is 0 Å². The van der Waals surface area contributed by atoms with Crippen LogP contribution in [0.1, 0.15) is 43.0 Å². The molecular formula is C17H22N2. The predicted octanol–water partition coefficient (Wildman–Crippen LogP) is 4.11. The average Bonchev–Trinajstić information content (AvgIpc) is 2.45. The number of nitrogens with one attached hydrogen (secondary N) is 1. The smallest absolute Gasteiger partial charge is 0.0758 e. The number of aromatic nitrogens is 1. The molecule has 0 aliphatic heterocycles. The minimum atomic E-state index is 1.12. The summed E-state index contributed by atoms with van der Waals surface area (Å²) in [5.41, 5.74) is 6.71. The molecule has 3 rings (SSSR count). The van der Waals surface area contributed by atoms with Crippen LogP contribution in [0.15, 0.2) is 18.2 Å². The molecule has 2 nitrogen and oxygen atoms in total. The van der Waals surface area contributed by atoms with Crippen molar-refractivity contribution < 1.29 is 0 Å². The third kappa shape index (κ3) is 2.09. The summed E-state index contributed by atoms with van der Waals surface area (Å²) < 4.78 is 0. The first-order chi connectivity index (χ1) is 9.35. The van der Waals surface area contributed by atoms with Crippen LogP contribution >= 0.6 is 0 Å². The highest BCUT2D eigenvalue weighted by molar-refractivity contribution is 5.95. The van der Waals surface area contributed by atoms with Crippen molar-refractivity contribution in [1.82, 2.24) is 4.98 Å². The largest absolute Gasteiger partial charge is 0.387 e. The zero-order valence-corrected chi connectivity index (χ0v) is 11.9. The molecule has 1 heterocycles. The van der Waals surface area contributed by atoms with Crippen molar-refractivity contribution >= 4 is 16.6 Å². The van der Waals surface area contributed by atoms with Gasteiger partial charge in [-0.1, -0.05) is 31.5 Å². The molecule has 19 heavy (non-hydrogen) atoms. The molecule has 0 unspecified atom stereocenters. The van der Waals surface area contributed by atoms with Crippen LogP contribution in [0.25, 0.3) is 10.9 Å². The van der Waals surface area contributed by atoms with Gasteiger partial charge in [0.2, 0.25) is 0 Å². The Hall–Kier alpha value is -1.57. The first-order valence-electron chi connectivity index (χ1n) is 7.46. The van der Waals surface area contributed by atoms with E-state index in [9.17, 15) is 0 Å². The van der Waals surface area contributed by atoms with E-state index in [1.165, 1.54) is 59.1 Å². The molecule has 1 aromatic heterocycles. The maximum absolute atomic E-state index is 5.00. The van der Waals surface area contributed by atoms with Crippen LogP contribution in [-0.4, -0.2) is 12.0 Å². The highest BCUT2D eigenvalue weighted by Gasteiger charge is 2.18. The first kappa shape index (κ1) is 12.5. The number of fused-ring (bicyclic) bond motifs is 2. The molecule has 0 spiro atoms. The first-order valence-corrected chi connectivity index (χ1v) is 7.46. The SMILES string of the molecule is CCCc1cccc2c(NC)c3c(nc12)CCCC3. The molecule has 1 aromatic carbocycles. The topological polar surface area (TPSA) is 24.9 Å². The quantitative estimate of drug-likeness (QED) is 0.891. The van der Waals surface area contributed by atoms with E-state index >= 15 is 0 Å². The molecule has 1 aliphatic carbocycles. The van der Waals surface area contributed by atoms with Gasteiger partial charge in [0, 0.05) is 23.8 Å². The molecule has 2 heteroatoms. The lowest BCUT2D eigenvalue weighted by Crippen LogP contribution is -2.10. The van der Waals surface area contributed by atoms with Crippen LogP contribution < -0.4 is 5.32 Å². The number of anilines is 1. The lowest BCUT2D eigenvalue weighted by atomic mass is 9.91. The molecule has 0 saturated carbocycles. The van der Waals surface area contributed by atoms with Gasteiger partial charge in [-0.15, -0.1) is 0 Å². The minimum Gasteiger partial charge on any atom is -0.387 e. The fourth-order valence-electron chi connectivity index (χ4n) is 3.26. The van der Waals surface area contributed by atoms with E-state index in [0.717, 1.165) is 12.8 Å². The minimum absolute atomic E-state index is 1.12. The molecule has 0 saturated heterocycles. The molecule has 1 N–H and O–H groups in total. The Bertz CT molecular complexity index is 602. The number of aryl methyl sites for hydroxylation is 2. The Labute approximate surface area is 115 Å². The average molecular weight is 254 g/mol. The standard InChI is InChI=1S/C17H22N2/c1-3-7-12-8-6-10-14-16(12)19-15-11-5-4-9-13(15)17(14)18-2/h6,8,10H,3-5,7,9,11H2,1-2H3,(H,18,19). The van der Waals surface area contributed by atoms with Gasteiger partial charge in [0.05, 0.1) is 5.52 Å². The lowest BCUT2D eigenvalue weighted by molar-refractivity contribution is 0.672. The summed E-state index contributed by atoms with van der Waals surface area (Å²) in [6.07, 6.45) is 7.18. The third-order valence-corrected chi connectivity index (χ3v) is 4.15. The fraction of sp³-hybridized carbons (Fsp3) is 0.471. The molecule has 2 aromatic rings. The molecule has 0 bridgehead atoms. The number of hydrogen-bond acceptors (Lipinski definition) is 2. The molecule has 0 fully saturated rings. The van der Waals surface area contributed by atoms with Crippen LogP contribution in [0.5, 0.6) is 0 Å². The lowest BCUT2D eigenvalue weighted by Gasteiger charge is -2.21. The van der Waals surface area contributed by atoms with Gasteiger partial charge in [0.1, 0.15) is 0 Å². The van der Waals surface area contributed by atoms with E-state index in [1.807, 2.05) is 7.05 Å². The van der Waals surface area contributed by atoms with E-state index in [2.05, 4.69) is 30.4 Å². The van der Waals surface area contributed by atoms with Crippen LogP contribution in [0, 0.1) is 0 Å². The number of rotatable bonds is 3. The van der Waals surface area contributed by atoms with Gasteiger partial charge >= 0.3 is 0 Å². The van der Waals surface area contributed by atoms with E-state index in [4.69, 9.17) is 4.98 Å². The maximum Gasteiger partial charge on any atom is 0.0758 e. The Balaban J connectivity index is 2.29. The van der Waals surface area contributed by atoms with Crippen LogP contribution in [-0.2, 0) is 19.3 Å². The Morgan fingerprint density at radius 1 is 1.21 bits per heavy atom. The second-order valence-electron chi connectivity index (χ2n) is 5.43. The third-order valence-electron chi connectivity index (χ3n) is 4.15. The zero-order valence-electron chi connectivity index (χ0n) is 11.9. The predicted molar refractivity (Wildman–Crippen MR) is 81.9 cm³/mol. The van der Waals surface area contributed by atoms with Crippen molar-refractivity contribution in [2.24, 2.45) is 0 Å². The normalized spacial score (nSPS) is 14.4. The molecule has 0 radical (unpaired) electrons. The van der Waals surface area contributed by atoms with Crippen molar-refractivity contribution in [3.8, 4) is 0 Å². The van der Waals surface area contributed by atoms with Crippen LogP contribution in [0.4, 0.5) is 5.69 Å².